The van der Waals surface area contributed by atoms with Gasteiger partial charge >= 0.3 is 0 Å². The van der Waals surface area contributed by atoms with Crippen LogP contribution in [0.3, 0.4) is 0 Å². The molecule has 0 aliphatic heterocycles. The van der Waals surface area contributed by atoms with Crippen molar-refractivity contribution in [2.45, 2.75) is 52.7 Å². The Bertz CT molecular complexity index is 346. The second-order valence-corrected chi connectivity index (χ2v) is 5.07. The van der Waals surface area contributed by atoms with E-state index in [-0.39, 0.29) is 5.54 Å². The quantitative estimate of drug-likeness (QED) is 0.776. The number of nitrogens with zero attached hydrogens (tertiary/aromatic N) is 3. The van der Waals surface area contributed by atoms with E-state index in [1.807, 2.05) is 4.68 Å². The van der Waals surface area contributed by atoms with Crippen LogP contribution in [0, 0.1) is 0 Å². The maximum Gasteiger partial charge on any atom is 0.164 e. The van der Waals surface area contributed by atoms with Crippen LogP contribution in [0.25, 0.3) is 0 Å². The molecule has 4 heteroatoms. The standard InChI is InChI=1S/C12H22N4/c1-6-10(2)8-16-9-13-11(15-16)7-14-12(3,4)5/h9,14H,2,6-8H2,1,3-5H3. The van der Waals surface area contributed by atoms with Crippen molar-refractivity contribution in [3.63, 3.8) is 0 Å². The van der Waals surface area contributed by atoms with Crippen LogP contribution in [0.15, 0.2) is 18.5 Å². The third-order valence-electron chi connectivity index (χ3n) is 2.25. The van der Waals surface area contributed by atoms with Gasteiger partial charge < -0.3 is 5.32 Å². The molecule has 16 heavy (non-hydrogen) atoms. The van der Waals surface area contributed by atoms with Crippen LogP contribution in [-0.2, 0) is 13.1 Å². The summed E-state index contributed by atoms with van der Waals surface area (Å²) in [6.45, 7) is 13.9. The molecule has 0 amide bonds. The number of rotatable bonds is 5. The largest absolute Gasteiger partial charge is 0.305 e. The van der Waals surface area contributed by atoms with Crippen LogP contribution < -0.4 is 5.32 Å². The van der Waals surface area contributed by atoms with Crippen LogP contribution in [0.5, 0.6) is 0 Å². The van der Waals surface area contributed by atoms with Gasteiger partial charge in [-0.1, -0.05) is 19.1 Å². The number of nitrogens with one attached hydrogen (secondary N) is 1. The summed E-state index contributed by atoms with van der Waals surface area (Å²) >= 11 is 0. The first-order valence-corrected chi connectivity index (χ1v) is 5.70. The molecular weight excluding hydrogens is 200 g/mol. The Morgan fingerprint density at radius 2 is 2.19 bits per heavy atom. The third kappa shape index (κ3) is 4.57. The Hall–Kier alpha value is -1.16. The minimum Gasteiger partial charge on any atom is -0.305 e. The van der Waals surface area contributed by atoms with Crippen LogP contribution >= 0.6 is 0 Å². The van der Waals surface area contributed by atoms with Crippen molar-refractivity contribution in [2.24, 2.45) is 0 Å². The highest BCUT2D eigenvalue weighted by Gasteiger charge is 2.10. The first-order chi connectivity index (χ1) is 7.40. The van der Waals surface area contributed by atoms with Gasteiger partial charge in [0.2, 0.25) is 0 Å². The predicted molar refractivity (Wildman–Crippen MR) is 66.0 cm³/mol. The summed E-state index contributed by atoms with van der Waals surface area (Å²) in [5.41, 5.74) is 1.26. The molecule has 0 aliphatic carbocycles. The van der Waals surface area contributed by atoms with Gasteiger partial charge in [0.25, 0.3) is 0 Å². The molecule has 1 aromatic rings. The molecule has 0 saturated heterocycles. The van der Waals surface area contributed by atoms with Crippen LogP contribution in [0.2, 0.25) is 0 Å². The minimum atomic E-state index is 0.0957. The monoisotopic (exact) mass is 222 g/mol. The zero-order chi connectivity index (χ0) is 12.2. The van der Waals surface area contributed by atoms with E-state index in [1.54, 1.807) is 6.33 Å². The van der Waals surface area contributed by atoms with Crippen molar-refractivity contribution in [2.75, 3.05) is 0 Å². The highest BCUT2D eigenvalue weighted by atomic mass is 15.3. The van der Waals surface area contributed by atoms with E-state index in [0.29, 0.717) is 6.54 Å². The first kappa shape index (κ1) is 12.9. The smallest absolute Gasteiger partial charge is 0.164 e. The third-order valence-corrected chi connectivity index (χ3v) is 2.25. The zero-order valence-corrected chi connectivity index (χ0v) is 10.7. The molecule has 0 fully saturated rings. The Morgan fingerprint density at radius 1 is 1.50 bits per heavy atom. The fourth-order valence-electron chi connectivity index (χ4n) is 1.18. The van der Waals surface area contributed by atoms with E-state index >= 15 is 0 Å². The van der Waals surface area contributed by atoms with Crippen molar-refractivity contribution < 1.29 is 0 Å². The molecular formula is C12H22N4. The summed E-state index contributed by atoms with van der Waals surface area (Å²) in [5.74, 6) is 0.832. The highest BCUT2D eigenvalue weighted by Crippen LogP contribution is 2.03. The minimum absolute atomic E-state index is 0.0957. The van der Waals surface area contributed by atoms with Crippen molar-refractivity contribution in [1.29, 1.82) is 0 Å². The molecule has 0 bridgehead atoms. The SMILES string of the molecule is C=C(CC)Cn1cnc(CNC(C)(C)C)n1. The second-order valence-electron chi connectivity index (χ2n) is 5.07. The van der Waals surface area contributed by atoms with E-state index < -0.39 is 0 Å². The van der Waals surface area contributed by atoms with Gasteiger partial charge in [-0.05, 0) is 27.2 Å². The molecule has 1 aromatic heterocycles. The number of allylic oxidation sites excluding steroid dienone is 1. The predicted octanol–water partition coefficient (Wildman–Crippen LogP) is 2.13. The van der Waals surface area contributed by atoms with Gasteiger partial charge in [0.15, 0.2) is 5.82 Å². The van der Waals surface area contributed by atoms with Crippen LogP contribution in [0.1, 0.15) is 39.9 Å². The fourth-order valence-corrected chi connectivity index (χ4v) is 1.18. The Morgan fingerprint density at radius 3 is 2.75 bits per heavy atom. The second kappa shape index (κ2) is 5.25. The summed E-state index contributed by atoms with van der Waals surface area (Å²) in [5, 5.41) is 7.74. The van der Waals surface area contributed by atoms with E-state index in [4.69, 9.17) is 0 Å². The molecule has 90 valence electrons. The number of aromatic nitrogens is 3. The molecule has 1 rings (SSSR count). The van der Waals surface area contributed by atoms with Gasteiger partial charge in [-0.15, -0.1) is 0 Å². The van der Waals surface area contributed by atoms with Crippen molar-refractivity contribution >= 4 is 0 Å². The Balaban J connectivity index is 2.48. The molecule has 1 heterocycles. The van der Waals surface area contributed by atoms with E-state index in [9.17, 15) is 0 Å². The molecule has 0 radical (unpaired) electrons. The van der Waals surface area contributed by atoms with Crippen molar-refractivity contribution in [3.05, 3.63) is 24.3 Å². The maximum absolute atomic E-state index is 4.38. The first-order valence-electron chi connectivity index (χ1n) is 5.70. The Labute approximate surface area is 97.8 Å². The zero-order valence-electron chi connectivity index (χ0n) is 10.7. The number of hydrogen-bond acceptors (Lipinski definition) is 3. The molecule has 0 spiro atoms. The summed E-state index contributed by atoms with van der Waals surface area (Å²) in [6.07, 6.45) is 2.75. The van der Waals surface area contributed by atoms with E-state index in [1.165, 1.54) is 5.57 Å². The van der Waals surface area contributed by atoms with Gasteiger partial charge in [-0.3, -0.25) is 0 Å². The lowest BCUT2D eigenvalue weighted by molar-refractivity contribution is 0.417. The highest BCUT2D eigenvalue weighted by molar-refractivity contribution is 4.93. The average molecular weight is 222 g/mol. The molecule has 0 aromatic carbocycles. The molecule has 1 N–H and O–H groups in total. The van der Waals surface area contributed by atoms with Gasteiger partial charge in [0.05, 0.1) is 13.1 Å². The number of hydrogen-bond donors (Lipinski definition) is 1. The van der Waals surface area contributed by atoms with Crippen LogP contribution in [0.4, 0.5) is 0 Å². The van der Waals surface area contributed by atoms with Gasteiger partial charge in [0.1, 0.15) is 6.33 Å². The summed E-state index contributed by atoms with van der Waals surface area (Å²) < 4.78 is 1.84. The Kier molecular flexibility index (Phi) is 4.24. The molecule has 0 saturated carbocycles. The van der Waals surface area contributed by atoms with Gasteiger partial charge in [-0.2, -0.15) is 5.10 Å². The summed E-state index contributed by atoms with van der Waals surface area (Å²) in [4.78, 5) is 4.25. The van der Waals surface area contributed by atoms with E-state index in [2.05, 4.69) is 49.7 Å². The average Bonchev–Trinajstić information content (AvgIpc) is 2.61. The van der Waals surface area contributed by atoms with E-state index in [0.717, 1.165) is 18.8 Å². The van der Waals surface area contributed by atoms with Crippen LogP contribution in [-0.4, -0.2) is 20.3 Å². The molecule has 0 unspecified atom stereocenters. The summed E-state index contributed by atoms with van der Waals surface area (Å²) in [7, 11) is 0. The fraction of sp³-hybridized carbons (Fsp3) is 0.667. The summed E-state index contributed by atoms with van der Waals surface area (Å²) in [6, 6.07) is 0. The molecule has 0 atom stereocenters. The van der Waals surface area contributed by atoms with Gasteiger partial charge in [-0.25, -0.2) is 9.67 Å². The lowest BCUT2D eigenvalue weighted by Crippen LogP contribution is -2.35. The topological polar surface area (TPSA) is 42.7 Å². The lowest BCUT2D eigenvalue weighted by atomic mass is 10.1. The maximum atomic E-state index is 4.38. The molecule has 0 aliphatic rings. The molecule has 4 nitrogen and oxygen atoms in total. The van der Waals surface area contributed by atoms with Crippen molar-refractivity contribution in [3.8, 4) is 0 Å². The van der Waals surface area contributed by atoms with Crippen molar-refractivity contribution in [1.82, 2.24) is 20.1 Å². The lowest BCUT2D eigenvalue weighted by Gasteiger charge is -2.19. The normalized spacial score (nSPS) is 11.8. The van der Waals surface area contributed by atoms with Gasteiger partial charge in [0, 0.05) is 5.54 Å².